The second-order valence-electron chi connectivity index (χ2n) is 7.31. The van der Waals surface area contributed by atoms with Crippen molar-refractivity contribution in [2.24, 2.45) is 0 Å². The van der Waals surface area contributed by atoms with Crippen molar-refractivity contribution in [1.82, 2.24) is 0 Å². The minimum atomic E-state index is -0.957. The molecule has 1 unspecified atom stereocenters. The van der Waals surface area contributed by atoms with Crippen molar-refractivity contribution >= 4 is 29.4 Å². The molecule has 0 spiro atoms. The molecule has 0 N–H and O–H groups in total. The first-order chi connectivity index (χ1) is 15.9. The molecule has 0 aliphatic carbocycles. The summed E-state index contributed by atoms with van der Waals surface area (Å²) in [6.07, 6.45) is 1.62. The number of carbonyl (C=O) groups excluding carboxylic acids is 2. The lowest BCUT2D eigenvalue weighted by molar-refractivity contribution is -0.134. The first-order valence-electron chi connectivity index (χ1n) is 10.1. The number of esters is 1. The molecular formula is C26H21ClO6. The van der Waals surface area contributed by atoms with Crippen molar-refractivity contribution in [2.75, 3.05) is 14.2 Å². The number of alkyl halides is 1. The van der Waals surface area contributed by atoms with Gasteiger partial charge in [0.2, 0.25) is 5.78 Å². The monoisotopic (exact) mass is 464 g/mol. The van der Waals surface area contributed by atoms with Gasteiger partial charge in [0.25, 0.3) is 0 Å². The van der Waals surface area contributed by atoms with E-state index in [1.807, 2.05) is 6.07 Å². The number of hydrogen-bond donors (Lipinski definition) is 0. The minimum Gasteiger partial charge on any atom is -0.493 e. The van der Waals surface area contributed by atoms with Gasteiger partial charge < -0.3 is 18.9 Å². The van der Waals surface area contributed by atoms with Gasteiger partial charge in [0.15, 0.2) is 22.6 Å². The van der Waals surface area contributed by atoms with Crippen molar-refractivity contribution in [3.8, 4) is 23.0 Å². The molecule has 0 saturated heterocycles. The van der Waals surface area contributed by atoms with Gasteiger partial charge in [-0.2, -0.15) is 0 Å². The molecule has 7 heteroatoms. The van der Waals surface area contributed by atoms with Crippen LogP contribution in [0, 0.1) is 6.92 Å². The maximum Gasteiger partial charge on any atom is 0.334 e. The first-order valence-corrected chi connectivity index (χ1v) is 10.6. The van der Waals surface area contributed by atoms with Crippen LogP contribution in [-0.2, 0) is 4.79 Å². The topological polar surface area (TPSA) is 71.1 Å². The van der Waals surface area contributed by atoms with Gasteiger partial charge in [0, 0.05) is 5.56 Å². The zero-order valence-corrected chi connectivity index (χ0v) is 19.0. The Morgan fingerprint density at radius 3 is 2.36 bits per heavy atom. The van der Waals surface area contributed by atoms with Crippen molar-refractivity contribution in [2.45, 2.75) is 12.3 Å². The Morgan fingerprint density at radius 2 is 1.67 bits per heavy atom. The molecular weight excluding hydrogens is 444 g/mol. The Balaban J connectivity index is 1.58. The van der Waals surface area contributed by atoms with E-state index in [1.54, 1.807) is 74.7 Å². The highest BCUT2D eigenvalue weighted by Gasteiger charge is 2.31. The van der Waals surface area contributed by atoms with Crippen LogP contribution in [0.25, 0.3) is 6.08 Å². The van der Waals surface area contributed by atoms with Gasteiger partial charge in [-0.15, -0.1) is 11.6 Å². The standard InChI is InChI=1S/C26H21ClO6/c1-15-19(33-26(29)23(27)17-7-5-4-6-8-17)12-10-18-24(28)22(32-25(15)18)14-16-9-11-20(30-2)21(13-16)31-3/h4-14,23H,1-3H3/b22-14-. The van der Waals surface area contributed by atoms with E-state index in [4.69, 9.17) is 30.5 Å². The van der Waals surface area contributed by atoms with Crippen molar-refractivity contribution in [3.05, 3.63) is 88.7 Å². The van der Waals surface area contributed by atoms with E-state index in [0.717, 1.165) is 0 Å². The van der Waals surface area contributed by atoms with Gasteiger partial charge >= 0.3 is 5.97 Å². The Kier molecular flexibility index (Phi) is 6.38. The smallest absolute Gasteiger partial charge is 0.334 e. The summed E-state index contributed by atoms with van der Waals surface area (Å²) in [4.78, 5) is 25.4. The van der Waals surface area contributed by atoms with Crippen LogP contribution in [0.5, 0.6) is 23.0 Å². The SMILES string of the molecule is COc1ccc(/C=C2\Oc3c(ccc(OC(=O)C(Cl)c4ccccc4)c3C)C2=O)cc1OC. The predicted molar refractivity (Wildman–Crippen MR) is 124 cm³/mol. The average Bonchev–Trinajstić information content (AvgIpc) is 3.16. The van der Waals surface area contributed by atoms with Crippen molar-refractivity contribution < 1.29 is 28.5 Å². The van der Waals surface area contributed by atoms with Gasteiger partial charge in [-0.05, 0) is 48.4 Å². The maximum absolute atomic E-state index is 12.9. The summed E-state index contributed by atoms with van der Waals surface area (Å²) < 4.78 is 21.9. The molecule has 168 valence electrons. The fraction of sp³-hybridized carbons (Fsp3) is 0.154. The second-order valence-corrected chi connectivity index (χ2v) is 7.75. The number of benzene rings is 3. The molecule has 6 nitrogen and oxygen atoms in total. The molecule has 1 atom stereocenters. The summed E-state index contributed by atoms with van der Waals surface area (Å²) in [6.45, 7) is 1.72. The highest BCUT2D eigenvalue weighted by molar-refractivity contribution is 6.30. The molecule has 1 aliphatic rings. The van der Waals surface area contributed by atoms with Crippen LogP contribution in [-0.4, -0.2) is 26.0 Å². The van der Waals surface area contributed by atoms with Crippen molar-refractivity contribution in [1.29, 1.82) is 0 Å². The highest BCUT2D eigenvalue weighted by Crippen LogP contribution is 2.40. The molecule has 1 aliphatic heterocycles. The van der Waals surface area contributed by atoms with Crippen LogP contribution >= 0.6 is 11.6 Å². The largest absolute Gasteiger partial charge is 0.493 e. The number of carbonyl (C=O) groups is 2. The fourth-order valence-electron chi connectivity index (χ4n) is 3.49. The zero-order chi connectivity index (χ0) is 23.5. The number of ether oxygens (including phenoxy) is 4. The molecule has 3 aromatic carbocycles. The summed E-state index contributed by atoms with van der Waals surface area (Å²) in [5.41, 5.74) is 2.27. The number of ketones is 1. The van der Waals surface area contributed by atoms with Crippen LogP contribution in [0.15, 0.2) is 66.4 Å². The third kappa shape index (κ3) is 4.43. The number of halogens is 1. The van der Waals surface area contributed by atoms with Crippen LogP contribution in [0.4, 0.5) is 0 Å². The van der Waals surface area contributed by atoms with E-state index in [2.05, 4.69) is 0 Å². The van der Waals surface area contributed by atoms with E-state index in [-0.39, 0.29) is 17.3 Å². The van der Waals surface area contributed by atoms with Gasteiger partial charge in [-0.1, -0.05) is 36.4 Å². The van der Waals surface area contributed by atoms with Crippen molar-refractivity contribution in [3.63, 3.8) is 0 Å². The molecule has 0 aromatic heterocycles. The van der Waals surface area contributed by atoms with Crippen LogP contribution in [0.1, 0.15) is 32.4 Å². The van der Waals surface area contributed by atoms with E-state index < -0.39 is 11.3 Å². The Labute approximate surface area is 196 Å². The normalized spacial score (nSPS) is 14.4. The predicted octanol–water partition coefficient (Wildman–Crippen LogP) is 5.51. The lowest BCUT2D eigenvalue weighted by Crippen LogP contribution is -2.15. The quantitative estimate of drug-likeness (QED) is 0.207. The number of rotatable bonds is 6. The molecule has 0 fully saturated rings. The number of Topliss-reactive ketones (excluding diaryl/α,β-unsaturated/α-hetero) is 1. The van der Waals surface area contributed by atoms with Crippen LogP contribution in [0.2, 0.25) is 0 Å². The Morgan fingerprint density at radius 1 is 0.970 bits per heavy atom. The Bertz CT molecular complexity index is 1250. The number of allylic oxidation sites excluding steroid dienone is 1. The zero-order valence-electron chi connectivity index (χ0n) is 18.3. The minimum absolute atomic E-state index is 0.156. The molecule has 0 amide bonds. The summed E-state index contributed by atoms with van der Waals surface area (Å²) in [6, 6.07) is 17.4. The van der Waals surface area contributed by atoms with Gasteiger partial charge in [-0.25, -0.2) is 4.79 Å². The summed E-state index contributed by atoms with van der Waals surface area (Å²) in [5.74, 6) is 1.02. The fourth-order valence-corrected chi connectivity index (χ4v) is 3.68. The molecule has 3 aromatic rings. The summed E-state index contributed by atoms with van der Waals surface area (Å²) in [7, 11) is 3.09. The van der Waals surface area contributed by atoms with Crippen LogP contribution in [0.3, 0.4) is 0 Å². The number of hydrogen-bond acceptors (Lipinski definition) is 6. The van der Waals surface area contributed by atoms with Gasteiger partial charge in [0.05, 0.1) is 19.8 Å². The molecule has 0 radical (unpaired) electrons. The first kappa shape index (κ1) is 22.4. The summed E-state index contributed by atoms with van der Waals surface area (Å²) >= 11 is 6.27. The third-order valence-electron chi connectivity index (χ3n) is 5.25. The lowest BCUT2D eigenvalue weighted by atomic mass is 10.1. The number of fused-ring (bicyclic) bond motifs is 1. The molecule has 0 saturated carbocycles. The van der Waals surface area contributed by atoms with E-state index >= 15 is 0 Å². The van der Waals surface area contributed by atoms with E-state index in [0.29, 0.717) is 39.5 Å². The Hall–Kier alpha value is -3.77. The molecule has 1 heterocycles. The maximum atomic E-state index is 12.9. The van der Waals surface area contributed by atoms with E-state index in [1.165, 1.54) is 7.11 Å². The highest BCUT2D eigenvalue weighted by atomic mass is 35.5. The lowest BCUT2D eigenvalue weighted by Gasteiger charge is -2.13. The van der Waals surface area contributed by atoms with Gasteiger partial charge in [-0.3, -0.25) is 4.79 Å². The molecule has 33 heavy (non-hydrogen) atoms. The molecule has 0 bridgehead atoms. The average molecular weight is 465 g/mol. The summed E-state index contributed by atoms with van der Waals surface area (Å²) in [5, 5.41) is -0.957. The second kappa shape index (κ2) is 9.38. The number of methoxy groups -OCH3 is 2. The van der Waals surface area contributed by atoms with Gasteiger partial charge in [0.1, 0.15) is 11.5 Å². The molecule has 4 rings (SSSR count). The third-order valence-corrected chi connectivity index (χ3v) is 5.68. The van der Waals surface area contributed by atoms with E-state index in [9.17, 15) is 9.59 Å². The van der Waals surface area contributed by atoms with Crippen LogP contribution < -0.4 is 18.9 Å².